The van der Waals surface area contributed by atoms with Crippen LogP contribution in [0.2, 0.25) is 0 Å². The van der Waals surface area contributed by atoms with Crippen LogP contribution < -0.4 is 0 Å². The summed E-state index contributed by atoms with van der Waals surface area (Å²) in [5.41, 5.74) is 3.84. The first-order valence-corrected chi connectivity index (χ1v) is 9.62. The SMILES string of the molecule is CC(=O)OC/C=C(\C)CC[C@@H]1C(C)=CCC2C(C)(C)CCC[C@]21C. The van der Waals surface area contributed by atoms with E-state index in [0.717, 1.165) is 12.3 Å². The number of rotatable bonds is 5. The van der Waals surface area contributed by atoms with E-state index in [2.05, 4.69) is 46.8 Å². The average Bonchev–Trinajstić information content (AvgIpc) is 2.45. The molecule has 0 aromatic heterocycles. The Hall–Kier alpha value is -1.05. The molecule has 24 heavy (non-hydrogen) atoms. The minimum atomic E-state index is -0.204. The fraction of sp³-hybridized carbons (Fsp3) is 0.773. The van der Waals surface area contributed by atoms with Gasteiger partial charge >= 0.3 is 5.97 Å². The van der Waals surface area contributed by atoms with Crippen molar-refractivity contribution in [2.45, 2.75) is 80.1 Å². The lowest BCUT2D eigenvalue weighted by Gasteiger charge is -2.57. The Labute approximate surface area is 148 Å². The Bertz CT molecular complexity index is 526. The molecule has 0 amide bonds. The van der Waals surface area contributed by atoms with Gasteiger partial charge in [-0.2, -0.15) is 0 Å². The summed E-state index contributed by atoms with van der Waals surface area (Å²) in [5.74, 6) is 1.29. The van der Waals surface area contributed by atoms with E-state index < -0.39 is 0 Å². The van der Waals surface area contributed by atoms with Gasteiger partial charge in [0, 0.05) is 6.92 Å². The molecule has 0 aliphatic heterocycles. The van der Waals surface area contributed by atoms with Crippen molar-refractivity contribution in [2.24, 2.45) is 22.7 Å². The number of ether oxygens (including phenoxy) is 1. The van der Waals surface area contributed by atoms with Crippen LogP contribution >= 0.6 is 0 Å². The Balaban J connectivity index is 2.06. The smallest absolute Gasteiger partial charge is 0.302 e. The molecule has 0 aromatic rings. The Kier molecular flexibility index (Phi) is 5.99. The van der Waals surface area contributed by atoms with Crippen molar-refractivity contribution >= 4 is 5.97 Å². The van der Waals surface area contributed by atoms with Gasteiger partial charge in [-0.15, -0.1) is 0 Å². The van der Waals surface area contributed by atoms with Gasteiger partial charge in [-0.1, -0.05) is 44.4 Å². The van der Waals surface area contributed by atoms with Gasteiger partial charge in [0.15, 0.2) is 0 Å². The first kappa shape index (κ1) is 19.3. The summed E-state index contributed by atoms with van der Waals surface area (Å²) in [5, 5.41) is 0. The Morgan fingerprint density at radius 2 is 2.00 bits per heavy atom. The van der Waals surface area contributed by atoms with Gasteiger partial charge in [0.05, 0.1) is 0 Å². The zero-order valence-corrected chi connectivity index (χ0v) is 16.6. The molecular formula is C22H36O2. The molecule has 0 saturated heterocycles. The summed E-state index contributed by atoms with van der Waals surface area (Å²) in [6.45, 7) is 13.9. The van der Waals surface area contributed by atoms with Gasteiger partial charge in [0.2, 0.25) is 0 Å². The molecule has 0 N–H and O–H groups in total. The maximum absolute atomic E-state index is 10.9. The van der Waals surface area contributed by atoms with Gasteiger partial charge in [-0.25, -0.2) is 0 Å². The summed E-state index contributed by atoms with van der Waals surface area (Å²) >= 11 is 0. The summed E-state index contributed by atoms with van der Waals surface area (Å²) in [6, 6.07) is 0. The van der Waals surface area contributed by atoms with E-state index in [9.17, 15) is 4.79 Å². The van der Waals surface area contributed by atoms with Crippen LogP contribution in [0.4, 0.5) is 0 Å². The van der Waals surface area contributed by atoms with E-state index in [1.807, 2.05) is 0 Å². The quantitative estimate of drug-likeness (QED) is 0.451. The van der Waals surface area contributed by atoms with Crippen molar-refractivity contribution in [3.05, 3.63) is 23.3 Å². The van der Waals surface area contributed by atoms with Crippen LogP contribution in [0.15, 0.2) is 23.3 Å². The third-order valence-electron chi connectivity index (χ3n) is 6.84. The second kappa shape index (κ2) is 7.45. The first-order valence-electron chi connectivity index (χ1n) is 9.62. The van der Waals surface area contributed by atoms with Crippen molar-refractivity contribution in [2.75, 3.05) is 6.61 Å². The van der Waals surface area contributed by atoms with Crippen LogP contribution in [0.3, 0.4) is 0 Å². The average molecular weight is 333 g/mol. The topological polar surface area (TPSA) is 26.3 Å². The highest BCUT2D eigenvalue weighted by Gasteiger charge is 2.51. The number of carbonyl (C=O) groups excluding carboxylic acids is 1. The molecule has 0 aromatic carbocycles. The Morgan fingerprint density at radius 3 is 2.67 bits per heavy atom. The molecule has 1 fully saturated rings. The number of esters is 1. The lowest BCUT2D eigenvalue weighted by Crippen LogP contribution is -2.48. The number of carbonyl (C=O) groups is 1. The molecule has 136 valence electrons. The summed E-state index contributed by atoms with van der Waals surface area (Å²) in [6.07, 6.45) is 12.3. The molecule has 1 saturated carbocycles. The van der Waals surface area contributed by atoms with E-state index in [1.54, 1.807) is 5.57 Å². The second-order valence-corrected chi connectivity index (χ2v) is 9.03. The van der Waals surface area contributed by atoms with Crippen molar-refractivity contribution in [1.29, 1.82) is 0 Å². The standard InChI is InChI=1S/C22H36O2/c1-16(12-15-24-18(3)23)8-10-19-17(2)9-11-20-21(4,5)13-7-14-22(19,20)6/h9,12,19-20H,7-8,10-11,13-15H2,1-6H3/b16-12+/t19-,20?,22+/m1/s1. The van der Waals surface area contributed by atoms with Crippen LogP contribution in [0, 0.1) is 22.7 Å². The fourth-order valence-electron chi connectivity index (χ4n) is 5.47. The van der Waals surface area contributed by atoms with Crippen molar-refractivity contribution in [3.63, 3.8) is 0 Å². The molecule has 2 aliphatic carbocycles. The molecule has 2 rings (SSSR count). The van der Waals surface area contributed by atoms with E-state index in [0.29, 0.717) is 23.4 Å². The molecule has 3 atom stereocenters. The molecule has 1 unspecified atom stereocenters. The fourth-order valence-corrected chi connectivity index (χ4v) is 5.47. The van der Waals surface area contributed by atoms with Crippen molar-refractivity contribution in [3.8, 4) is 0 Å². The molecule has 0 spiro atoms. The highest BCUT2D eigenvalue weighted by atomic mass is 16.5. The van der Waals surface area contributed by atoms with Crippen LogP contribution in [-0.2, 0) is 9.53 Å². The van der Waals surface area contributed by atoms with Gasteiger partial charge in [-0.3, -0.25) is 4.79 Å². The molecule has 2 aliphatic rings. The van der Waals surface area contributed by atoms with Gasteiger partial charge in [0.1, 0.15) is 6.61 Å². The third kappa shape index (κ3) is 4.13. The minimum absolute atomic E-state index is 0.204. The zero-order valence-electron chi connectivity index (χ0n) is 16.6. The molecule has 0 bridgehead atoms. The van der Waals surface area contributed by atoms with E-state index in [1.165, 1.54) is 44.6 Å². The summed E-state index contributed by atoms with van der Waals surface area (Å²) < 4.78 is 5.03. The van der Waals surface area contributed by atoms with Gasteiger partial charge < -0.3 is 4.74 Å². The predicted octanol–water partition coefficient (Wildman–Crippen LogP) is 6.07. The lowest BCUT2D eigenvalue weighted by molar-refractivity contribution is -0.139. The van der Waals surface area contributed by atoms with E-state index in [4.69, 9.17) is 4.74 Å². The third-order valence-corrected chi connectivity index (χ3v) is 6.84. The van der Waals surface area contributed by atoms with Crippen LogP contribution in [-0.4, -0.2) is 12.6 Å². The lowest BCUT2D eigenvalue weighted by atomic mass is 9.48. The number of hydrogen-bond acceptors (Lipinski definition) is 2. The summed E-state index contributed by atoms with van der Waals surface area (Å²) in [7, 11) is 0. The van der Waals surface area contributed by atoms with E-state index in [-0.39, 0.29) is 5.97 Å². The molecule has 2 nitrogen and oxygen atoms in total. The van der Waals surface area contributed by atoms with Crippen molar-refractivity contribution < 1.29 is 9.53 Å². The molecule has 0 heterocycles. The first-order chi connectivity index (χ1) is 11.2. The molecular weight excluding hydrogens is 296 g/mol. The largest absolute Gasteiger partial charge is 0.462 e. The monoisotopic (exact) mass is 332 g/mol. The highest BCUT2D eigenvalue weighted by molar-refractivity contribution is 5.66. The molecule has 0 radical (unpaired) electrons. The summed E-state index contributed by atoms with van der Waals surface area (Å²) in [4.78, 5) is 10.9. The van der Waals surface area contributed by atoms with Crippen LogP contribution in [0.5, 0.6) is 0 Å². The van der Waals surface area contributed by atoms with Gasteiger partial charge in [-0.05, 0) is 74.7 Å². The second-order valence-electron chi connectivity index (χ2n) is 9.03. The molecule has 2 heteroatoms. The van der Waals surface area contributed by atoms with Crippen molar-refractivity contribution in [1.82, 2.24) is 0 Å². The van der Waals surface area contributed by atoms with Gasteiger partial charge in [0.25, 0.3) is 0 Å². The number of fused-ring (bicyclic) bond motifs is 1. The maximum atomic E-state index is 10.9. The van der Waals surface area contributed by atoms with Crippen LogP contribution in [0.25, 0.3) is 0 Å². The number of hydrogen-bond donors (Lipinski definition) is 0. The number of allylic oxidation sites excluding steroid dienone is 3. The highest BCUT2D eigenvalue weighted by Crippen LogP contribution is 2.60. The maximum Gasteiger partial charge on any atom is 0.302 e. The Morgan fingerprint density at radius 1 is 1.29 bits per heavy atom. The minimum Gasteiger partial charge on any atom is -0.462 e. The normalized spacial score (nSPS) is 32.8. The van der Waals surface area contributed by atoms with Crippen LogP contribution in [0.1, 0.15) is 80.1 Å². The zero-order chi connectivity index (χ0) is 18.0. The van der Waals surface area contributed by atoms with E-state index >= 15 is 0 Å². The predicted molar refractivity (Wildman–Crippen MR) is 101 cm³/mol.